The van der Waals surface area contributed by atoms with Gasteiger partial charge in [-0.2, -0.15) is 0 Å². The van der Waals surface area contributed by atoms with E-state index in [1.54, 1.807) is 44.4 Å². The number of aliphatic hydroxyl groups is 1. The molecule has 2 unspecified atom stereocenters. The molecule has 0 aromatic heterocycles. The minimum absolute atomic E-state index is 0.00954. The fourth-order valence-electron chi connectivity index (χ4n) is 8.59. The van der Waals surface area contributed by atoms with Crippen LogP contribution in [0.2, 0.25) is 0 Å². The number of anilines is 2. The Labute approximate surface area is 315 Å². The number of carbonyl (C=O) groups is 2. The summed E-state index contributed by atoms with van der Waals surface area (Å²) in [6.45, 7) is 4.01. The number of hydrogen-bond acceptors (Lipinski definition) is 11. The first-order valence-corrected chi connectivity index (χ1v) is 18.7. The number of hydrogen-bond donors (Lipinski definition) is 3. The zero-order valence-corrected chi connectivity index (χ0v) is 31.4. The topological polar surface area (TPSA) is 148 Å². The number of carbonyl (C=O) groups excluding carboxylic acids is 2. The van der Waals surface area contributed by atoms with E-state index in [1.807, 2.05) is 48.4 Å². The number of nitrogens with two attached hydrogens (primary N) is 1. The van der Waals surface area contributed by atoms with Gasteiger partial charge in [-0.1, -0.05) is 12.1 Å². The van der Waals surface area contributed by atoms with Crippen molar-refractivity contribution >= 4 is 28.8 Å². The van der Waals surface area contributed by atoms with Crippen LogP contribution in [0.4, 0.5) is 11.4 Å². The molecule has 2 fully saturated rings. The molecule has 286 valence electrons. The second kappa shape index (κ2) is 13.9. The van der Waals surface area contributed by atoms with Crippen LogP contribution < -0.4 is 39.9 Å². The Hall–Kier alpha value is -5.14. The number of rotatable bonds is 12. The van der Waals surface area contributed by atoms with Crippen molar-refractivity contribution in [2.24, 2.45) is 11.3 Å². The normalized spacial score (nSPS) is 23.4. The standard InChI is InChI=1S/C41H49N5O8/c1-40-23-41(12-13-41)24-45(40)38(48)30-18-34(52-4)36(20-32(30)46(42)39(40)49)54-15-7-5-6-14-53-35-19-31-29(17-33(35)51-3)37(47)44-22-26(16-27(44)21-43-31)25-8-10-28(50-2)11-9-25/h8-11,17-20,22,27,39,43,49H,5-7,12-16,21,23-24,42H2,1-4H3/t27?,39-,40?/m0/s1. The molecule has 4 N–H and O–H groups in total. The molecule has 1 aliphatic carbocycles. The van der Waals surface area contributed by atoms with Crippen molar-refractivity contribution in [2.75, 3.05) is 58.0 Å². The summed E-state index contributed by atoms with van der Waals surface area (Å²) in [5.41, 5.74) is 3.55. The summed E-state index contributed by atoms with van der Waals surface area (Å²) in [6.07, 6.45) is 6.81. The van der Waals surface area contributed by atoms with Crippen LogP contribution in [0.5, 0.6) is 28.7 Å². The highest BCUT2D eigenvalue weighted by Crippen LogP contribution is 2.60. The Morgan fingerprint density at radius 1 is 0.852 bits per heavy atom. The lowest BCUT2D eigenvalue weighted by molar-refractivity contribution is 0.00878. The summed E-state index contributed by atoms with van der Waals surface area (Å²) < 4.78 is 28.9. The molecule has 4 heterocycles. The lowest BCUT2D eigenvalue weighted by Crippen LogP contribution is -2.59. The first-order valence-electron chi connectivity index (χ1n) is 18.7. The Balaban J connectivity index is 0.863. The Kier molecular flexibility index (Phi) is 9.25. The molecule has 5 aliphatic rings. The van der Waals surface area contributed by atoms with E-state index in [0.29, 0.717) is 66.1 Å². The Bertz CT molecular complexity index is 1980. The maximum atomic E-state index is 13.8. The van der Waals surface area contributed by atoms with E-state index in [2.05, 4.69) is 5.32 Å². The van der Waals surface area contributed by atoms with E-state index < -0.39 is 11.8 Å². The molecule has 13 nitrogen and oxygen atoms in total. The van der Waals surface area contributed by atoms with Gasteiger partial charge in [0.05, 0.1) is 68.6 Å². The van der Waals surface area contributed by atoms with Gasteiger partial charge in [0.1, 0.15) is 5.75 Å². The minimum atomic E-state index is -1.06. The fraction of sp³-hybridized carbons (Fsp3) is 0.463. The maximum absolute atomic E-state index is 13.8. The third kappa shape index (κ3) is 6.22. The van der Waals surface area contributed by atoms with Crippen LogP contribution >= 0.6 is 0 Å². The summed E-state index contributed by atoms with van der Waals surface area (Å²) in [6, 6.07) is 14.9. The van der Waals surface area contributed by atoms with Crippen molar-refractivity contribution in [3.63, 3.8) is 0 Å². The molecule has 54 heavy (non-hydrogen) atoms. The van der Waals surface area contributed by atoms with Crippen molar-refractivity contribution < 1.29 is 38.4 Å². The average molecular weight is 740 g/mol. The highest BCUT2D eigenvalue weighted by Gasteiger charge is 2.62. The number of nitrogens with zero attached hydrogens (tertiary/aromatic N) is 3. The second-order valence-corrected chi connectivity index (χ2v) is 15.4. The van der Waals surface area contributed by atoms with Gasteiger partial charge >= 0.3 is 0 Å². The molecule has 3 aromatic rings. The molecule has 4 aliphatic heterocycles. The first kappa shape index (κ1) is 35.9. The minimum Gasteiger partial charge on any atom is -0.497 e. The molecule has 1 saturated carbocycles. The zero-order chi connectivity index (χ0) is 37.8. The van der Waals surface area contributed by atoms with Gasteiger partial charge in [-0.25, -0.2) is 5.84 Å². The molecule has 0 radical (unpaired) electrons. The second-order valence-electron chi connectivity index (χ2n) is 15.4. The van der Waals surface area contributed by atoms with Gasteiger partial charge in [0.15, 0.2) is 29.2 Å². The molecule has 1 spiro atoms. The third-order valence-electron chi connectivity index (χ3n) is 11.9. The van der Waals surface area contributed by atoms with Gasteiger partial charge in [-0.05, 0) is 92.7 Å². The monoisotopic (exact) mass is 739 g/mol. The van der Waals surface area contributed by atoms with E-state index in [1.165, 1.54) is 5.01 Å². The van der Waals surface area contributed by atoms with Crippen LogP contribution in [-0.2, 0) is 0 Å². The first-order chi connectivity index (χ1) is 26.1. The number of nitrogens with one attached hydrogen (secondary N) is 1. The van der Waals surface area contributed by atoms with Gasteiger partial charge in [0.2, 0.25) is 0 Å². The maximum Gasteiger partial charge on any atom is 0.260 e. The van der Waals surface area contributed by atoms with Crippen molar-refractivity contribution in [1.82, 2.24) is 9.80 Å². The van der Waals surface area contributed by atoms with E-state index in [-0.39, 0.29) is 23.3 Å². The summed E-state index contributed by atoms with van der Waals surface area (Å²) in [5.74, 6) is 9.03. The lowest BCUT2D eigenvalue weighted by Gasteiger charge is -2.39. The number of aliphatic hydroxyl groups excluding tert-OH is 1. The lowest BCUT2D eigenvalue weighted by atomic mass is 9.90. The predicted octanol–water partition coefficient (Wildman–Crippen LogP) is 5.42. The molecule has 8 rings (SSSR count). The summed E-state index contributed by atoms with van der Waals surface area (Å²) in [7, 11) is 4.77. The Morgan fingerprint density at radius 2 is 1.52 bits per heavy atom. The number of ether oxygens (including phenoxy) is 5. The van der Waals surface area contributed by atoms with Crippen molar-refractivity contribution in [2.45, 2.75) is 69.7 Å². The quantitative estimate of drug-likeness (QED) is 0.162. The number of methoxy groups -OCH3 is 3. The molecule has 1 saturated heterocycles. The van der Waals surface area contributed by atoms with Gasteiger partial charge in [0.25, 0.3) is 11.8 Å². The number of amides is 2. The number of fused-ring (bicyclic) bond motifs is 4. The summed E-state index contributed by atoms with van der Waals surface area (Å²) in [4.78, 5) is 31.2. The molecule has 2 amide bonds. The molecule has 13 heteroatoms. The van der Waals surface area contributed by atoms with Crippen LogP contribution in [0.25, 0.3) is 5.57 Å². The number of unbranched alkanes of at least 4 members (excludes halogenated alkanes) is 2. The zero-order valence-electron chi connectivity index (χ0n) is 31.4. The van der Waals surface area contributed by atoms with Gasteiger partial charge in [-0.15, -0.1) is 0 Å². The van der Waals surface area contributed by atoms with Crippen molar-refractivity contribution in [3.05, 3.63) is 71.4 Å². The van der Waals surface area contributed by atoms with Crippen LogP contribution in [0.15, 0.2) is 54.7 Å². The van der Waals surface area contributed by atoms with Crippen LogP contribution in [0, 0.1) is 5.41 Å². The third-order valence-corrected chi connectivity index (χ3v) is 11.9. The van der Waals surface area contributed by atoms with E-state index in [9.17, 15) is 14.7 Å². The van der Waals surface area contributed by atoms with Crippen molar-refractivity contribution in [3.8, 4) is 28.7 Å². The van der Waals surface area contributed by atoms with Crippen LogP contribution in [0.1, 0.15) is 78.1 Å². The van der Waals surface area contributed by atoms with Crippen LogP contribution in [-0.4, -0.2) is 92.2 Å². The molecular weight excluding hydrogens is 690 g/mol. The molecule has 3 atom stereocenters. The number of benzene rings is 3. The molecule has 3 aromatic carbocycles. The van der Waals surface area contributed by atoms with E-state index in [4.69, 9.17) is 29.5 Å². The van der Waals surface area contributed by atoms with Crippen molar-refractivity contribution in [1.29, 1.82) is 0 Å². The van der Waals surface area contributed by atoms with Gasteiger partial charge in [-0.3, -0.25) is 14.6 Å². The van der Waals surface area contributed by atoms with Gasteiger partial charge in [0, 0.05) is 31.4 Å². The summed E-state index contributed by atoms with van der Waals surface area (Å²) in [5, 5.41) is 16.2. The van der Waals surface area contributed by atoms with Gasteiger partial charge < -0.3 is 43.9 Å². The Morgan fingerprint density at radius 3 is 2.17 bits per heavy atom. The largest absolute Gasteiger partial charge is 0.497 e. The molecular formula is C41H49N5O8. The highest BCUT2D eigenvalue weighted by molar-refractivity contribution is 6.03. The predicted molar refractivity (Wildman–Crippen MR) is 203 cm³/mol. The average Bonchev–Trinajstić information content (AvgIpc) is 3.73. The summed E-state index contributed by atoms with van der Waals surface area (Å²) >= 11 is 0. The van der Waals surface area contributed by atoms with E-state index in [0.717, 1.165) is 67.5 Å². The van der Waals surface area contributed by atoms with E-state index >= 15 is 0 Å². The van der Waals surface area contributed by atoms with Crippen LogP contribution in [0.3, 0.4) is 0 Å². The smallest absolute Gasteiger partial charge is 0.260 e. The fourth-order valence-corrected chi connectivity index (χ4v) is 8.59. The number of hydrazine groups is 1. The molecule has 0 bridgehead atoms. The SMILES string of the molecule is COc1ccc(C2=CN3C(=O)c4cc(OC)c(OCCCCCOc5cc6c(cc5OC)C(=O)N5CC7(CC7)CC5(C)[C@H](O)N6N)cc4NCC3C2)cc1. The highest BCUT2D eigenvalue weighted by atomic mass is 16.5.